The summed E-state index contributed by atoms with van der Waals surface area (Å²) < 4.78 is 1.57. The second-order valence-electron chi connectivity index (χ2n) is 4.25. The largest absolute Gasteiger partial charge is 0.411 e. The van der Waals surface area contributed by atoms with Crippen LogP contribution in [0.1, 0.15) is 15.9 Å². The summed E-state index contributed by atoms with van der Waals surface area (Å²) in [5, 5.41) is 22.3. The van der Waals surface area contributed by atoms with Gasteiger partial charge in [0.15, 0.2) is 12.4 Å². The normalized spacial score (nSPS) is 10.7. The van der Waals surface area contributed by atoms with Crippen LogP contribution < -0.4 is 4.57 Å². The summed E-state index contributed by atoms with van der Waals surface area (Å²) >= 11 is 0. The van der Waals surface area contributed by atoms with Gasteiger partial charge in [0.25, 0.3) is 5.69 Å². The van der Waals surface area contributed by atoms with Gasteiger partial charge in [-0.15, -0.1) is 0 Å². The number of hydrogen-bond acceptors (Lipinski definition) is 5. The first-order valence-electron chi connectivity index (χ1n) is 6.05. The van der Waals surface area contributed by atoms with E-state index in [0.29, 0.717) is 5.56 Å². The van der Waals surface area contributed by atoms with Crippen molar-refractivity contribution in [3.8, 4) is 0 Å². The summed E-state index contributed by atoms with van der Waals surface area (Å²) in [6, 6.07) is 9.21. The van der Waals surface area contributed by atoms with Crippen LogP contribution in [0.4, 0.5) is 5.69 Å². The number of nitrogens with zero attached hydrogens (tertiary/aromatic N) is 3. The van der Waals surface area contributed by atoms with E-state index in [-0.39, 0.29) is 23.6 Å². The van der Waals surface area contributed by atoms with Crippen LogP contribution in [0.3, 0.4) is 0 Å². The minimum Gasteiger partial charge on any atom is -0.411 e. The van der Waals surface area contributed by atoms with Gasteiger partial charge in [-0.05, 0) is 12.1 Å². The zero-order chi connectivity index (χ0) is 15.2. The maximum absolute atomic E-state index is 12.2. The number of pyridine rings is 1. The highest BCUT2D eigenvalue weighted by atomic mass is 16.6. The highest BCUT2D eigenvalue weighted by molar-refractivity contribution is 5.98. The van der Waals surface area contributed by atoms with E-state index in [0.717, 1.165) is 0 Å². The van der Waals surface area contributed by atoms with Crippen molar-refractivity contribution >= 4 is 17.7 Å². The van der Waals surface area contributed by atoms with Crippen LogP contribution in [0.25, 0.3) is 0 Å². The maximum Gasteiger partial charge on any atom is 0.280 e. The van der Waals surface area contributed by atoms with Crippen LogP contribution in [0.15, 0.2) is 53.9 Å². The number of aromatic nitrogens is 1. The van der Waals surface area contributed by atoms with Gasteiger partial charge in [0, 0.05) is 12.1 Å². The summed E-state index contributed by atoms with van der Waals surface area (Å²) in [4.78, 5) is 22.5. The maximum atomic E-state index is 12.2. The number of carbonyl (C=O) groups excluding carboxylic acids is 1. The Kier molecular flexibility index (Phi) is 4.35. The second kappa shape index (κ2) is 6.38. The third-order valence-corrected chi connectivity index (χ3v) is 2.82. The molecule has 1 N–H and O–H groups in total. The molecule has 1 aromatic carbocycles. The van der Waals surface area contributed by atoms with E-state index in [1.807, 2.05) is 0 Å². The van der Waals surface area contributed by atoms with Crippen molar-refractivity contribution in [3.05, 3.63) is 70.0 Å². The van der Waals surface area contributed by atoms with Gasteiger partial charge < -0.3 is 5.21 Å². The van der Waals surface area contributed by atoms with E-state index in [9.17, 15) is 14.9 Å². The molecule has 0 aliphatic carbocycles. The molecule has 0 saturated heterocycles. The molecule has 0 fully saturated rings. The summed E-state index contributed by atoms with van der Waals surface area (Å²) in [6.07, 6.45) is 4.49. The molecule has 0 aliphatic rings. The fourth-order valence-electron chi connectivity index (χ4n) is 1.90. The molecule has 106 valence electrons. The highest BCUT2D eigenvalue weighted by Gasteiger charge is 2.22. The quantitative estimate of drug-likeness (QED) is 0.225. The first-order valence-corrected chi connectivity index (χ1v) is 6.05. The van der Waals surface area contributed by atoms with Gasteiger partial charge in [-0.25, -0.2) is 0 Å². The molecule has 0 aliphatic heterocycles. The van der Waals surface area contributed by atoms with Crippen molar-refractivity contribution in [1.82, 2.24) is 0 Å². The number of oxime groups is 1. The fourth-order valence-corrected chi connectivity index (χ4v) is 1.90. The standard InChI is InChI=1S/C14H11N3O4/c18-14(12-5-1-2-6-13(12)17(20)21)10-16-7-3-4-11(9-16)8-15-19/h1-9H,10H2/p+1. The van der Waals surface area contributed by atoms with E-state index in [1.54, 1.807) is 35.2 Å². The van der Waals surface area contributed by atoms with Crippen LogP contribution in [-0.2, 0) is 6.54 Å². The van der Waals surface area contributed by atoms with Crippen molar-refractivity contribution in [2.24, 2.45) is 5.16 Å². The van der Waals surface area contributed by atoms with Gasteiger partial charge in [0.2, 0.25) is 12.3 Å². The van der Waals surface area contributed by atoms with E-state index in [1.165, 1.54) is 24.4 Å². The number of hydrogen-bond donors (Lipinski definition) is 1. The van der Waals surface area contributed by atoms with Crippen molar-refractivity contribution in [1.29, 1.82) is 0 Å². The molecule has 0 amide bonds. The molecule has 2 aromatic rings. The molecule has 0 atom stereocenters. The van der Waals surface area contributed by atoms with E-state index < -0.39 is 4.92 Å². The Morgan fingerprint density at radius 2 is 2.10 bits per heavy atom. The number of para-hydroxylation sites is 1. The van der Waals surface area contributed by atoms with Crippen molar-refractivity contribution in [2.45, 2.75) is 6.54 Å². The molecular weight excluding hydrogens is 274 g/mol. The first-order chi connectivity index (χ1) is 10.1. The lowest BCUT2D eigenvalue weighted by Gasteiger charge is -2.00. The predicted molar refractivity (Wildman–Crippen MR) is 73.4 cm³/mol. The van der Waals surface area contributed by atoms with Gasteiger partial charge in [-0.1, -0.05) is 17.3 Å². The molecule has 0 saturated carbocycles. The molecule has 2 rings (SSSR count). The number of ketones is 1. The molecule has 0 radical (unpaired) electrons. The SMILES string of the molecule is O=C(C[n+]1cccc(C=NO)c1)c1ccccc1[N+](=O)[O-]. The van der Waals surface area contributed by atoms with Crippen molar-refractivity contribution in [2.75, 3.05) is 0 Å². The molecule has 0 unspecified atom stereocenters. The van der Waals surface area contributed by atoms with Crippen LogP contribution in [0.2, 0.25) is 0 Å². The Balaban J connectivity index is 2.26. The molecular formula is C14H12N3O4+. The predicted octanol–water partition coefficient (Wildman–Crippen LogP) is 1.57. The summed E-state index contributed by atoms with van der Waals surface area (Å²) in [6.45, 7) is -0.0437. The third kappa shape index (κ3) is 3.47. The first kappa shape index (κ1) is 14.3. The molecule has 0 spiro atoms. The molecule has 21 heavy (non-hydrogen) atoms. The minimum atomic E-state index is -0.577. The molecule has 1 aromatic heterocycles. The van der Waals surface area contributed by atoms with Crippen LogP contribution in [-0.4, -0.2) is 22.1 Å². The zero-order valence-corrected chi connectivity index (χ0v) is 10.9. The number of nitro groups is 1. The Bertz CT molecular complexity index is 713. The number of Topliss-reactive ketones (excluding diaryl/α,β-unsaturated/α-hetero) is 1. The van der Waals surface area contributed by atoms with E-state index >= 15 is 0 Å². The lowest BCUT2D eigenvalue weighted by atomic mass is 10.1. The average Bonchev–Trinajstić information content (AvgIpc) is 2.48. The Hall–Kier alpha value is -3.09. The minimum absolute atomic E-state index is 0.0437. The highest BCUT2D eigenvalue weighted by Crippen LogP contribution is 2.18. The zero-order valence-electron chi connectivity index (χ0n) is 10.9. The topological polar surface area (TPSA) is 96.7 Å². The molecule has 7 heteroatoms. The molecule has 7 nitrogen and oxygen atoms in total. The average molecular weight is 286 g/mol. The third-order valence-electron chi connectivity index (χ3n) is 2.82. The Morgan fingerprint density at radius 3 is 2.81 bits per heavy atom. The van der Waals surface area contributed by atoms with Crippen molar-refractivity contribution < 1.29 is 19.5 Å². The molecule has 0 bridgehead atoms. The summed E-state index contributed by atoms with van der Waals surface area (Å²) in [5.41, 5.74) is 0.461. The van der Waals surface area contributed by atoms with E-state index in [4.69, 9.17) is 5.21 Å². The summed E-state index contributed by atoms with van der Waals surface area (Å²) in [5.74, 6) is -0.370. The van der Waals surface area contributed by atoms with Gasteiger partial charge >= 0.3 is 0 Å². The molecule has 1 heterocycles. The van der Waals surface area contributed by atoms with Gasteiger partial charge in [-0.2, -0.15) is 4.57 Å². The second-order valence-corrected chi connectivity index (χ2v) is 4.25. The van der Waals surface area contributed by atoms with Gasteiger partial charge in [0.1, 0.15) is 5.56 Å². The monoisotopic (exact) mass is 286 g/mol. The lowest BCUT2D eigenvalue weighted by Crippen LogP contribution is -2.37. The lowest BCUT2D eigenvalue weighted by molar-refractivity contribution is -0.683. The Labute approximate surface area is 119 Å². The number of benzene rings is 1. The summed E-state index contributed by atoms with van der Waals surface area (Å²) in [7, 11) is 0. The Morgan fingerprint density at radius 1 is 1.33 bits per heavy atom. The van der Waals surface area contributed by atoms with Crippen molar-refractivity contribution in [3.63, 3.8) is 0 Å². The van der Waals surface area contributed by atoms with E-state index in [2.05, 4.69) is 5.16 Å². The smallest absolute Gasteiger partial charge is 0.280 e. The van der Waals surface area contributed by atoms with Gasteiger partial charge in [0.05, 0.1) is 16.7 Å². The van der Waals surface area contributed by atoms with Crippen LogP contribution in [0.5, 0.6) is 0 Å². The van der Waals surface area contributed by atoms with Gasteiger partial charge in [-0.3, -0.25) is 14.9 Å². The number of rotatable bonds is 5. The van der Waals surface area contributed by atoms with Crippen LogP contribution >= 0.6 is 0 Å². The number of nitro benzene ring substituents is 1. The van der Waals surface area contributed by atoms with Crippen LogP contribution in [0, 0.1) is 10.1 Å². The fraction of sp³-hybridized carbons (Fsp3) is 0.0714. The number of carbonyl (C=O) groups is 1.